The SMILES string of the molecule is N=C(N)NCCC[C@H](NC(=O)[C@@H](NC(=O)[C@@H](NC(=O)[C@H](CCCNC(=N)N)NC(=O)[C@H](CCCNC(=N)N)NC(=O)[C@@H](NC(=O)[C@@H](N)CCCNC(=N)N)C(c1ccccc1)c1ccccc1)C(c1ccccc1)c1ccccc1)C(c1ccccc1)c1ccccc1)C(=O)O. The van der Waals surface area contributed by atoms with Gasteiger partial charge in [0.25, 0.3) is 0 Å². The Balaban J connectivity index is 1.45. The lowest BCUT2D eigenvalue weighted by atomic mass is 9.82. The Labute approximate surface area is 558 Å². The van der Waals surface area contributed by atoms with Crippen molar-refractivity contribution in [1.29, 1.82) is 21.6 Å². The Bertz CT molecular complexity index is 3390. The number of hydrogen-bond acceptors (Lipinski definition) is 12. The average Bonchev–Trinajstić information content (AvgIpc) is 0.805. The van der Waals surface area contributed by atoms with Crippen LogP contribution >= 0.6 is 0 Å². The molecule has 96 heavy (non-hydrogen) atoms. The van der Waals surface area contributed by atoms with Gasteiger partial charge in [-0.2, -0.15) is 0 Å². The van der Waals surface area contributed by atoms with E-state index in [4.69, 9.17) is 50.3 Å². The predicted molar refractivity (Wildman–Crippen MR) is 368 cm³/mol. The molecule has 7 atom stereocenters. The minimum Gasteiger partial charge on any atom is -0.480 e. The molecule has 0 aromatic heterocycles. The molecule has 0 aliphatic heterocycles. The Morgan fingerprint density at radius 2 is 0.531 bits per heavy atom. The first-order valence-corrected chi connectivity index (χ1v) is 31.6. The van der Waals surface area contributed by atoms with Crippen LogP contribution in [0.1, 0.15) is 103 Å². The summed E-state index contributed by atoms with van der Waals surface area (Å²) in [5.41, 5.74) is 32.2. The highest BCUT2D eigenvalue weighted by Gasteiger charge is 2.41. The molecule has 6 amide bonds. The van der Waals surface area contributed by atoms with Gasteiger partial charge in [0.05, 0.1) is 6.04 Å². The minimum absolute atomic E-state index is 0.0469. The molecule has 0 bridgehead atoms. The Morgan fingerprint density at radius 3 is 0.812 bits per heavy atom. The molecule has 0 unspecified atom stereocenters. The molecule has 27 heteroatoms. The zero-order chi connectivity index (χ0) is 69.4. The summed E-state index contributed by atoms with van der Waals surface area (Å²) in [6, 6.07) is 42.9. The number of carbonyl (C=O) groups is 7. The molecule has 0 spiro atoms. The lowest BCUT2D eigenvalue weighted by Crippen LogP contribution is -2.61. The standard InChI is InChI=1S/C69H89N19O8/c70-49(35-19-39-79-66(71)72)59(89)86-56(53(43-23-7-1-8-24-43)44-25-9-2-10-26-44)62(92)84-50(36-20-40-80-67(73)74)60(90)83-51(37-21-41-81-68(75)76)61(91)87-58(55(47-31-15-5-16-32-47)48-33-17-6-18-34-48)64(94)88-57(63(93)85-52(65(95)96)38-22-42-82-69(77)78)54(45-27-11-3-12-28-45)46-29-13-4-14-30-46/h1-18,23-34,49-58H,19-22,35-42,70H2,(H,83,90)(H,84,92)(H,85,93)(H,86,89)(H,87,91)(H,88,94)(H,95,96)(H4,71,72,79)(H4,73,74,80)(H4,75,76,81)(H4,77,78,82)/t49-,50-,51-,52-,56-,57-,58-/m0/s1. The molecular formula is C69H89N19O8. The summed E-state index contributed by atoms with van der Waals surface area (Å²) in [6.07, 6.45) is 0.487. The second-order valence-corrected chi connectivity index (χ2v) is 22.9. The van der Waals surface area contributed by atoms with Gasteiger partial charge in [-0.1, -0.05) is 182 Å². The number of amides is 6. The number of rotatable bonds is 38. The molecule has 25 N–H and O–H groups in total. The fourth-order valence-electron chi connectivity index (χ4n) is 11.2. The average molecular weight is 1310 g/mol. The maximum Gasteiger partial charge on any atom is 0.326 e. The summed E-state index contributed by atoms with van der Waals surface area (Å²) in [5.74, 6) is -10.6. The highest BCUT2D eigenvalue weighted by molar-refractivity contribution is 5.98. The van der Waals surface area contributed by atoms with Crippen molar-refractivity contribution in [2.24, 2.45) is 28.7 Å². The highest BCUT2D eigenvalue weighted by atomic mass is 16.4. The quantitative estimate of drug-likeness (QED) is 0.0149. The van der Waals surface area contributed by atoms with Crippen LogP contribution in [-0.4, -0.2) is 139 Å². The van der Waals surface area contributed by atoms with Crippen molar-refractivity contribution in [2.75, 3.05) is 26.2 Å². The van der Waals surface area contributed by atoms with Gasteiger partial charge in [0.15, 0.2) is 23.8 Å². The number of nitrogens with two attached hydrogens (primary N) is 5. The molecule has 0 heterocycles. The zero-order valence-corrected chi connectivity index (χ0v) is 53.3. The third-order valence-electron chi connectivity index (χ3n) is 15.9. The van der Waals surface area contributed by atoms with Crippen molar-refractivity contribution in [3.05, 3.63) is 215 Å². The third-order valence-corrected chi connectivity index (χ3v) is 15.9. The number of aliphatic carboxylic acids is 1. The minimum atomic E-state index is -1.63. The van der Waals surface area contributed by atoms with E-state index in [1.54, 1.807) is 182 Å². The van der Waals surface area contributed by atoms with Gasteiger partial charge in [-0.15, -0.1) is 0 Å². The number of carboxylic acids is 1. The van der Waals surface area contributed by atoms with E-state index in [2.05, 4.69) is 53.2 Å². The number of benzene rings is 6. The molecule has 0 fully saturated rings. The first-order valence-electron chi connectivity index (χ1n) is 31.6. The van der Waals surface area contributed by atoms with Crippen LogP contribution in [0.2, 0.25) is 0 Å². The normalized spacial score (nSPS) is 13.2. The first kappa shape index (κ1) is 73.7. The van der Waals surface area contributed by atoms with Crippen LogP contribution in [0.5, 0.6) is 0 Å². The fourth-order valence-corrected chi connectivity index (χ4v) is 11.2. The van der Waals surface area contributed by atoms with Crippen LogP contribution in [0.25, 0.3) is 0 Å². The largest absolute Gasteiger partial charge is 0.480 e. The van der Waals surface area contributed by atoms with Gasteiger partial charge in [-0.3, -0.25) is 50.4 Å². The van der Waals surface area contributed by atoms with Gasteiger partial charge >= 0.3 is 5.97 Å². The monoisotopic (exact) mass is 1310 g/mol. The van der Waals surface area contributed by atoms with E-state index in [1.165, 1.54) is 0 Å². The van der Waals surface area contributed by atoms with E-state index < -0.39 is 101 Å². The topological polar surface area (TPSA) is 486 Å². The maximum absolute atomic E-state index is 16.1. The van der Waals surface area contributed by atoms with Crippen LogP contribution in [0.15, 0.2) is 182 Å². The Morgan fingerprint density at radius 1 is 0.312 bits per heavy atom. The predicted octanol–water partition coefficient (Wildman–Crippen LogP) is 1.86. The second-order valence-electron chi connectivity index (χ2n) is 22.9. The van der Waals surface area contributed by atoms with E-state index in [0.29, 0.717) is 39.8 Å². The Hall–Kier alpha value is -11.4. The summed E-state index contributed by atoms with van der Waals surface area (Å²) in [5, 5.41) is 69.3. The van der Waals surface area contributed by atoms with Crippen LogP contribution < -0.4 is 81.8 Å². The van der Waals surface area contributed by atoms with Gasteiger partial charge in [-0.25, -0.2) is 4.79 Å². The molecule has 6 rings (SSSR count). The van der Waals surface area contributed by atoms with E-state index in [-0.39, 0.29) is 95.0 Å². The Kier molecular flexibility index (Phi) is 29.6. The molecule has 6 aromatic rings. The molecule has 0 saturated heterocycles. The van der Waals surface area contributed by atoms with Gasteiger partial charge in [0.2, 0.25) is 35.4 Å². The molecular weight excluding hydrogens is 1220 g/mol. The molecule has 0 aliphatic rings. The van der Waals surface area contributed by atoms with Crippen molar-refractivity contribution in [3.63, 3.8) is 0 Å². The van der Waals surface area contributed by atoms with Gasteiger partial charge in [-0.05, 0) is 84.7 Å². The second kappa shape index (κ2) is 38.6. The van der Waals surface area contributed by atoms with Crippen molar-refractivity contribution in [3.8, 4) is 0 Å². The first-order chi connectivity index (χ1) is 46.2. The summed E-state index contributed by atoms with van der Waals surface area (Å²) in [4.78, 5) is 105. The zero-order valence-electron chi connectivity index (χ0n) is 53.3. The van der Waals surface area contributed by atoms with Gasteiger partial charge < -0.3 is 86.9 Å². The van der Waals surface area contributed by atoms with E-state index >= 15 is 24.0 Å². The van der Waals surface area contributed by atoms with Crippen molar-refractivity contribution in [1.82, 2.24) is 53.2 Å². The van der Waals surface area contributed by atoms with E-state index in [0.717, 1.165) is 0 Å². The number of nitrogens with one attached hydrogen (secondary N) is 14. The number of carbonyl (C=O) groups excluding carboxylic acids is 6. The van der Waals surface area contributed by atoms with Crippen LogP contribution in [0.4, 0.5) is 0 Å². The lowest BCUT2D eigenvalue weighted by Gasteiger charge is -2.34. The van der Waals surface area contributed by atoms with Crippen LogP contribution in [0.3, 0.4) is 0 Å². The number of guanidine groups is 4. The molecule has 0 radical (unpaired) electrons. The van der Waals surface area contributed by atoms with E-state index in [9.17, 15) is 14.7 Å². The van der Waals surface area contributed by atoms with Gasteiger partial charge in [0.1, 0.15) is 36.3 Å². The smallest absolute Gasteiger partial charge is 0.326 e. The molecule has 27 nitrogen and oxygen atoms in total. The third kappa shape index (κ3) is 23.6. The molecule has 0 saturated carbocycles. The number of carboxylic acid groups (broad SMARTS) is 1. The summed E-state index contributed by atoms with van der Waals surface area (Å²) >= 11 is 0. The lowest BCUT2D eigenvalue weighted by molar-refractivity contribution is -0.142. The van der Waals surface area contributed by atoms with Crippen molar-refractivity contribution < 1.29 is 38.7 Å². The van der Waals surface area contributed by atoms with Crippen molar-refractivity contribution in [2.45, 2.75) is 111 Å². The molecule has 508 valence electrons. The van der Waals surface area contributed by atoms with Crippen LogP contribution in [-0.2, 0) is 33.6 Å². The molecule has 0 aliphatic carbocycles. The van der Waals surface area contributed by atoms with Crippen molar-refractivity contribution >= 4 is 65.3 Å². The maximum atomic E-state index is 16.1. The van der Waals surface area contributed by atoms with Crippen LogP contribution in [0, 0.1) is 21.6 Å². The van der Waals surface area contributed by atoms with Gasteiger partial charge in [0, 0.05) is 43.9 Å². The number of hydrogen-bond donors (Lipinski definition) is 20. The molecule has 6 aromatic carbocycles. The summed E-state index contributed by atoms with van der Waals surface area (Å²) in [6.45, 7) is 0.490. The van der Waals surface area contributed by atoms with E-state index in [1.807, 2.05) is 0 Å². The summed E-state index contributed by atoms with van der Waals surface area (Å²) in [7, 11) is 0. The fraction of sp³-hybridized carbons (Fsp3) is 0.319. The highest BCUT2D eigenvalue weighted by Crippen LogP contribution is 2.33. The summed E-state index contributed by atoms with van der Waals surface area (Å²) < 4.78 is 0.